The molecule has 2 atom stereocenters. The van der Waals surface area contributed by atoms with Crippen molar-refractivity contribution in [3.8, 4) is 12.3 Å². The van der Waals surface area contributed by atoms with Crippen molar-refractivity contribution in [1.29, 1.82) is 0 Å². The molecule has 0 spiro atoms. The maximum absolute atomic E-state index is 13.7. The van der Waals surface area contributed by atoms with E-state index < -0.39 is 5.54 Å². The van der Waals surface area contributed by atoms with E-state index >= 15 is 0 Å². The van der Waals surface area contributed by atoms with Crippen molar-refractivity contribution < 1.29 is 9.59 Å². The van der Waals surface area contributed by atoms with Gasteiger partial charge in [0.1, 0.15) is 11.6 Å². The predicted molar refractivity (Wildman–Crippen MR) is 124 cm³/mol. The topological polar surface area (TPSA) is 59.6 Å². The van der Waals surface area contributed by atoms with Crippen LogP contribution in [0.15, 0.2) is 54.6 Å². The molecule has 1 saturated heterocycles. The summed E-state index contributed by atoms with van der Waals surface area (Å²) >= 11 is 0. The monoisotopic (exact) mass is 426 g/mol. The van der Waals surface area contributed by atoms with Gasteiger partial charge in [-0.3, -0.25) is 19.5 Å². The summed E-state index contributed by atoms with van der Waals surface area (Å²) in [7, 11) is 1.89. The molecule has 2 aliphatic heterocycles. The van der Waals surface area contributed by atoms with E-state index in [9.17, 15) is 9.59 Å². The molecular weight excluding hydrogens is 400 g/mol. The summed E-state index contributed by atoms with van der Waals surface area (Å²) in [6.45, 7) is 3.23. The van der Waals surface area contributed by atoms with Gasteiger partial charge in [-0.2, -0.15) is 0 Å². The Balaban J connectivity index is 1.62. The van der Waals surface area contributed by atoms with Gasteiger partial charge in [0.05, 0.1) is 6.54 Å². The number of nitrogens with one attached hydrogen (secondary N) is 1. The van der Waals surface area contributed by atoms with Crippen molar-refractivity contribution in [2.75, 3.05) is 26.7 Å². The molecule has 6 heteroatoms. The van der Waals surface area contributed by atoms with Crippen LogP contribution in [-0.4, -0.2) is 63.8 Å². The second-order valence-electron chi connectivity index (χ2n) is 8.88. The summed E-state index contributed by atoms with van der Waals surface area (Å²) in [5.41, 5.74) is 3.16. The smallest absolute Gasteiger partial charge is 0.328 e. The minimum absolute atomic E-state index is 0.145. The number of terminal acetylenes is 1. The first kappa shape index (κ1) is 20.3. The summed E-state index contributed by atoms with van der Waals surface area (Å²) in [6, 6.07) is 17.5. The van der Waals surface area contributed by atoms with Crippen LogP contribution in [0.3, 0.4) is 0 Å². The number of nitrogens with zero attached hydrogens (tertiary/aromatic N) is 3. The van der Waals surface area contributed by atoms with Gasteiger partial charge >= 0.3 is 6.03 Å². The number of urea groups is 1. The number of hydrogen-bond donors (Lipinski definition) is 1. The molecule has 0 bridgehead atoms. The highest BCUT2D eigenvalue weighted by molar-refractivity contribution is 6.08. The number of benzene rings is 2. The second-order valence-corrected chi connectivity index (χ2v) is 8.88. The first-order chi connectivity index (χ1) is 15.5. The van der Waals surface area contributed by atoms with Crippen LogP contribution in [0.1, 0.15) is 29.8 Å². The van der Waals surface area contributed by atoms with Crippen LogP contribution in [0.2, 0.25) is 0 Å². The number of fused-ring (bicyclic) bond motifs is 4. The van der Waals surface area contributed by atoms with Crippen molar-refractivity contribution in [3.63, 3.8) is 0 Å². The Morgan fingerprint density at radius 3 is 2.62 bits per heavy atom. The van der Waals surface area contributed by atoms with Crippen molar-refractivity contribution in [2.45, 2.75) is 24.9 Å². The standard InChI is InChI=1S/C26H26N4O2/c1-4-14-28(3)15-16-29-24(31)26(2)17-20-19-12-8-9-13-21(19)27-22(20)23(30(26)25(29)32)18-10-6-5-7-11-18/h1,5-13,23,27H,14-17H2,2-3H3. The van der Waals surface area contributed by atoms with Gasteiger partial charge in [-0.1, -0.05) is 54.5 Å². The third-order valence-electron chi connectivity index (χ3n) is 6.76. The number of aromatic amines is 1. The quantitative estimate of drug-likeness (QED) is 0.503. The van der Waals surface area contributed by atoms with Gasteiger partial charge in [-0.15, -0.1) is 6.42 Å². The van der Waals surface area contributed by atoms with Crippen molar-refractivity contribution >= 4 is 22.8 Å². The van der Waals surface area contributed by atoms with Gasteiger partial charge in [-0.25, -0.2) is 4.79 Å². The Kier molecular flexibility index (Phi) is 4.79. The molecule has 3 aromatic rings. The molecule has 0 saturated carbocycles. The molecule has 1 aromatic heterocycles. The summed E-state index contributed by atoms with van der Waals surface area (Å²) in [6.07, 6.45) is 5.88. The molecule has 5 rings (SSSR count). The van der Waals surface area contributed by atoms with E-state index in [1.165, 1.54) is 4.90 Å². The fraction of sp³-hybridized carbons (Fsp3) is 0.308. The van der Waals surface area contributed by atoms with Crippen LogP contribution in [0.4, 0.5) is 4.79 Å². The molecule has 6 nitrogen and oxygen atoms in total. The largest absolute Gasteiger partial charge is 0.356 e. The fourth-order valence-electron chi connectivity index (χ4n) is 5.15. The highest BCUT2D eigenvalue weighted by Crippen LogP contribution is 2.48. The number of carbonyl (C=O) groups excluding carboxylic acids is 2. The van der Waals surface area contributed by atoms with Crippen LogP contribution in [0.5, 0.6) is 0 Å². The molecule has 2 unspecified atom stereocenters. The molecule has 3 heterocycles. The maximum atomic E-state index is 13.7. The molecule has 3 amide bonds. The highest BCUT2D eigenvalue weighted by Gasteiger charge is 2.59. The molecule has 1 fully saturated rings. The highest BCUT2D eigenvalue weighted by atomic mass is 16.2. The van der Waals surface area contributed by atoms with Gasteiger partial charge in [0.25, 0.3) is 5.91 Å². The first-order valence-electron chi connectivity index (χ1n) is 10.9. The lowest BCUT2D eigenvalue weighted by molar-refractivity contribution is -0.133. The number of H-pyrrole nitrogens is 1. The van der Waals surface area contributed by atoms with Gasteiger partial charge in [0, 0.05) is 36.1 Å². The van der Waals surface area contributed by atoms with Crippen LogP contribution in [-0.2, 0) is 11.2 Å². The van der Waals surface area contributed by atoms with E-state index in [2.05, 4.69) is 17.0 Å². The third-order valence-corrected chi connectivity index (χ3v) is 6.76. The Morgan fingerprint density at radius 1 is 1.16 bits per heavy atom. The van der Waals surface area contributed by atoms with Crippen molar-refractivity contribution in [3.05, 3.63) is 71.4 Å². The van der Waals surface area contributed by atoms with Crippen molar-refractivity contribution in [2.24, 2.45) is 0 Å². The number of carbonyl (C=O) groups is 2. The van der Waals surface area contributed by atoms with Gasteiger partial charge in [0.2, 0.25) is 0 Å². The SMILES string of the molecule is C#CCN(C)CCN1C(=O)N2C(c3ccccc3)c3[nH]c4ccccc4c3CC2(C)C1=O. The molecule has 2 aromatic carbocycles. The fourth-order valence-corrected chi connectivity index (χ4v) is 5.15. The lowest BCUT2D eigenvalue weighted by Crippen LogP contribution is -2.53. The summed E-state index contributed by atoms with van der Waals surface area (Å²) < 4.78 is 0. The molecule has 0 aliphatic carbocycles. The Labute approximate surface area is 187 Å². The first-order valence-corrected chi connectivity index (χ1v) is 10.9. The maximum Gasteiger partial charge on any atom is 0.328 e. The normalized spacial score (nSPS) is 22.4. The number of hydrogen-bond acceptors (Lipinski definition) is 3. The number of amides is 3. The van der Waals surface area contributed by atoms with E-state index in [0.29, 0.717) is 26.1 Å². The average molecular weight is 427 g/mol. The molecule has 2 aliphatic rings. The van der Waals surface area contributed by atoms with E-state index in [1.54, 1.807) is 4.90 Å². The zero-order valence-corrected chi connectivity index (χ0v) is 18.3. The van der Waals surface area contributed by atoms with Crippen LogP contribution in [0, 0.1) is 12.3 Å². The van der Waals surface area contributed by atoms with Crippen molar-refractivity contribution in [1.82, 2.24) is 19.7 Å². The van der Waals surface area contributed by atoms with Gasteiger partial charge in [0.15, 0.2) is 0 Å². The van der Waals surface area contributed by atoms with Crippen LogP contribution in [0.25, 0.3) is 10.9 Å². The van der Waals surface area contributed by atoms with E-state index in [1.807, 2.05) is 67.4 Å². The number of para-hydroxylation sites is 1. The Morgan fingerprint density at radius 2 is 1.88 bits per heavy atom. The minimum Gasteiger partial charge on any atom is -0.356 e. The van der Waals surface area contributed by atoms with E-state index in [4.69, 9.17) is 6.42 Å². The third kappa shape index (κ3) is 2.93. The predicted octanol–water partition coefficient (Wildman–Crippen LogP) is 3.40. The van der Waals surface area contributed by atoms with E-state index in [0.717, 1.165) is 27.7 Å². The molecule has 32 heavy (non-hydrogen) atoms. The molecular formula is C26H26N4O2. The molecule has 0 radical (unpaired) electrons. The summed E-state index contributed by atoms with van der Waals surface area (Å²) in [5, 5.41) is 1.11. The number of likely N-dealkylation sites (N-methyl/N-ethyl adjacent to an activating group) is 1. The lowest BCUT2D eigenvalue weighted by atomic mass is 9.81. The summed E-state index contributed by atoms with van der Waals surface area (Å²) in [4.78, 5) is 36.0. The zero-order valence-electron chi connectivity index (χ0n) is 18.3. The Hall–Kier alpha value is -3.56. The van der Waals surface area contributed by atoms with Gasteiger partial charge < -0.3 is 4.98 Å². The lowest BCUT2D eigenvalue weighted by Gasteiger charge is -2.42. The minimum atomic E-state index is -0.944. The van der Waals surface area contributed by atoms with Crippen LogP contribution >= 0.6 is 0 Å². The number of imide groups is 1. The molecule has 162 valence electrons. The Bertz CT molecular complexity index is 1240. The number of aromatic nitrogens is 1. The number of rotatable bonds is 5. The molecule has 1 N–H and O–H groups in total. The zero-order chi connectivity index (χ0) is 22.5. The van der Waals surface area contributed by atoms with Gasteiger partial charge in [-0.05, 0) is 31.2 Å². The second kappa shape index (κ2) is 7.54. The average Bonchev–Trinajstić information content (AvgIpc) is 3.24. The van der Waals surface area contributed by atoms with Crippen LogP contribution < -0.4 is 0 Å². The summed E-state index contributed by atoms with van der Waals surface area (Å²) in [5.74, 6) is 2.45. The van der Waals surface area contributed by atoms with E-state index in [-0.39, 0.29) is 18.0 Å².